The fraction of sp³-hybridized carbons (Fsp3) is 0.125. The number of rotatable bonds is 4. The van der Waals surface area contributed by atoms with E-state index in [9.17, 15) is 17.6 Å². The molecule has 23 heavy (non-hydrogen) atoms. The van der Waals surface area contributed by atoms with Crippen molar-refractivity contribution in [2.45, 2.75) is 17.7 Å². The molecule has 0 spiro atoms. The van der Waals surface area contributed by atoms with Gasteiger partial charge in [-0.15, -0.1) is 0 Å². The Kier molecular flexibility index (Phi) is 3.96. The zero-order valence-electron chi connectivity index (χ0n) is 12.0. The molecule has 118 valence electrons. The molecule has 1 N–H and O–H groups in total. The molecule has 0 fully saturated rings. The van der Waals surface area contributed by atoms with E-state index in [-0.39, 0.29) is 16.1 Å². The first-order chi connectivity index (χ1) is 11.0. The minimum atomic E-state index is -3.99. The Balaban J connectivity index is 2.01. The number of nitrogens with zero attached hydrogens (tertiary/aromatic N) is 1. The normalized spacial score (nSPS) is 13.4. The molecule has 0 radical (unpaired) electrons. The molecule has 0 saturated heterocycles. The van der Waals surface area contributed by atoms with Gasteiger partial charge in [-0.25, -0.2) is 12.8 Å². The lowest BCUT2D eigenvalue weighted by Crippen LogP contribution is -2.15. The Morgan fingerprint density at radius 3 is 2.78 bits per heavy atom. The van der Waals surface area contributed by atoms with Crippen LogP contribution in [-0.4, -0.2) is 20.9 Å². The summed E-state index contributed by atoms with van der Waals surface area (Å²) in [6.07, 6.45) is 3.63. The summed E-state index contributed by atoms with van der Waals surface area (Å²) in [5, 5.41) is 0. The Hall–Kier alpha value is -2.54. The maximum atomic E-state index is 13.9. The van der Waals surface area contributed by atoms with Crippen LogP contribution in [0.1, 0.15) is 22.3 Å². The molecule has 2 aromatic carbocycles. The zero-order chi connectivity index (χ0) is 16.4. The number of hydrogen-bond donors (Lipinski definition) is 1. The minimum absolute atomic E-state index is 0.00446. The second-order valence-electron chi connectivity index (χ2n) is 5.08. The van der Waals surface area contributed by atoms with E-state index in [1.165, 1.54) is 18.2 Å². The maximum absolute atomic E-state index is 13.9. The number of nitrogens with one attached hydrogen (secondary N) is 1. The van der Waals surface area contributed by atoms with Crippen LogP contribution in [0.3, 0.4) is 0 Å². The third-order valence-corrected chi connectivity index (χ3v) is 4.91. The predicted octanol–water partition coefficient (Wildman–Crippen LogP) is 3.09. The number of fused-ring (bicyclic) bond motifs is 1. The Morgan fingerprint density at radius 1 is 1.22 bits per heavy atom. The second kappa shape index (κ2) is 5.92. The molecule has 2 aromatic rings. The fourth-order valence-corrected chi connectivity index (χ4v) is 3.66. The summed E-state index contributed by atoms with van der Waals surface area (Å²) in [4.78, 5) is 14.8. The highest BCUT2D eigenvalue weighted by atomic mass is 32.2. The third-order valence-electron chi connectivity index (χ3n) is 3.51. The van der Waals surface area contributed by atoms with Crippen LogP contribution in [0, 0.1) is 5.82 Å². The molecule has 1 aliphatic heterocycles. The fourth-order valence-electron chi connectivity index (χ4n) is 2.40. The van der Waals surface area contributed by atoms with Gasteiger partial charge in [-0.2, -0.15) is 0 Å². The predicted molar refractivity (Wildman–Crippen MR) is 85.5 cm³/mol. The number of aldehydes is 1. The van der Waals surface area contributed by atoms with Gasteiger partial charge >= 0.3 is 0 Å². The summed E-state index contributed by atoms with van der Waals surface area (Å²) in [5.41, 5.74) is 1.14. The number of para-hydroxylation sites is 1. The molecule has 0 saturated carbocycles. The van der Waals surface area contributed by atoms with Crippen LogP contribution in [0.4, 0.5) is 15.8 Å². The first-order valence-electron chi connectivity index (χ1n) is 6.93. The molecule has 3 rings (SSSR count). The molecule has 0 bridgehead atoms. The average molecular weight is 332 g/mol. The SMILES string of the molecule is O=Cc1ccc(NS(=O)(=O)c2cccc3c2N=CCC3)c(F)c1. The number of carbonyl (C=O) groups is 1. The molecule has 1 heterocycles. The Bertz CT molecular complexity index is 908. The van der Waals surface area contributed by atoms with Crippen molar-refractivity contribution in [1.29, 1.82) is 0 Å². The van der Waals surface area contributed by atoms with Crippen molar-refractivity contribution >= 4 is 33.9 Å². The summed E-state index contributed by atoms with van der Waals surface area (Å²) in [6, 6.07) is 8.43. The molecular formula is C16H13FN2O3S. The lowest BCUT2D eigenvalue weighted by atomic mass is 10.1. The maximum Gasteiger partial charge on any atom is 0.264 e. The Morgan fingerprint density at radius 2 is 2.04 bits per heavy atom. The molecule has 1 aliphatic rings. The van der Waals surface area contributed by atoms with Crippen molar-refractivity contribution in [3.05, 3.63) is 53.3 Å². The van der Waals surface area contributed by atoms with Crippen LogP contribution in [0.15, 0.2) is 46.3 Å². The molecule has 0 unspecified atom stereocenters. The van der Waals surface area contributed by atoms with Crippen molar-refractivity contribution in [2.24, 2.45) is 4.99 Å². The summed E-state index contributed by atoms with van der Waals surface area (Å²) in [7, 11) is -3.99. The third kappa shape index (κ3) is 3.00. The average Bonchev–Trinajstić information content (AvgIpc) is 2.56. The monoisotopic (exact) mass is 332 g/mol. The highest BCUT2D eigenvalue weighted by Gasteiger charge is 2.22. The van der Waals surface area contributed by atoms with Crippen molar-refractivity contribution < 1.29 is 17.6 Å². The topological polar surface area (TPSA) is 75.6 Å². The van der Waals surface area contributed by atoms with Crippen LogP contribution >= 0.6 is 0 Å². The van der Waals surface area contributed by atoms with Crippen molar-refractivity contribution in [3.8, 4) is 0 Å². The van der Waals surface area contributed by atoms with Crippen molar-refractivity contribution in [1.82, 2.24) is 0 Å². The number of halogens is 1. The number of aliphatic imine (C=N–C) groups is 1. The van der Waals surface area contributed by atoms with Gasteiger partial charge in [0.2, 0.25) is 0 Å². The zero-order valence-corrected chi connectivity index (χ0v) is 12.8. The lowest BCUT2D eigenvalue weighted by Gasteiger charge is -2.15. The van der Waals surface area contributed by atoms with Gasteiger partial charge in [0, 0.05) is 11.8 Å². The minimum Gasteiger partial charge on any atom is -0.298 e. The van der Waals surface area contributed by atoms with Crippen molar-refractivity contribution in [3.63, 3.8) is 0 Å². The highest BCUT2D eigenvalue weighted by Crippen LogP contribution is 2.32. The molecule has 7 heteroatoms. The van der Waals surface area contributed by atoms with Crippen LogP contribution in [0.5, 0.6) is 0 Å². The van der Waals surface area contributed by atoms with E-state index in [2.05, 4.69) is 9.71 Å². The quantitative estimate of drug-likeness (QED) is 0.874. The van der Waals surface area contributed by atoms with Crippen LogP contribution in [-0.2, 0) is 16.4 Å². The van der Waals surface area contributed by atoms with Crippen LogP contribution < -0.4 is 4.72 Å². The van der Waals surface area contributed by atoms with Gasteiger partial charge in [0.05, 0.1) is 11.4 Å². The standard InChI is InChI=1S/C16H13FN2O3S/c17-13-9-11(10-20)6-7-14(13)19-23(21,22)15-5-1-3-12-4-2-8-18-16(12)15/h1,3,5-10,19H,2,4H2. The first kappa shape index (κ1) is 15.4. The van der Waals surface area contributed by atoms with Crippen LogP contribution in [0.25, 0.3) is 0 Å². The largest absolute Gasteiger partial charge is 0.298 e. The van der Waals surface area contributed by atoms with Crippen molar-refractivity contribution in [2.75, 3.05) is 4.72 Å². The van der Waals surface area contributed by atoms with Gasteiger partial charge in [-0.05, 0) is 42.7 Å². The first-order valence-corrected chi connectivity index (χ1v) is 8.41. The summed E-state index contributed by atoms with van der Waals surface area (Å²) >= 11 is 0. The van der Waals surface area contributed by atoms with Gasteiger partial charge in [0.1, 0.15) is 17.0 Å². The number of hydrogen-bond acceptors (Lipinski definition) is 4. The van der Waals surface area contributed by atoms with E-state index in [1.54, 1.807) is 12.3 Å². The van der Waals surface area contributed by atoms with E-state index in [0.29, 0.717) is 18.4 Å². The van der Waals surface area contributed by atoms with E-state index in [4.69, 9.17) is 0 Å². The van der Waals surface area contributed by atoms with E-state index >= 15 is 0 Å². The van der Waals surface area contributed by atoms with Gasteiger partial charge in [-0.3, -0.25) is 14.5 Å². The molecule has 0 atom stereocenters. The van der Waals surface area contributed by atoms with Crippen LogP contribution in [0.2, 0.25) is 0 Å². The number of carbonyl (C=O) groups excluding carboxylic acids is 1. The van der Waals surface area contributed by atoms with Gasteiger partial charge in [-0.1, -0.05) is 12.1 Å². The summed E-state index contributed by atoms with van der Waals surface area (Å²) in [6.45, 7) is 0. The molecule has 5 nitrogen and oxygen atoms in total. The summed E-state index contributed by atoms with van der Waals surface area (Å²) in [5.74, 6) is -0.813. The molecule has 0 aliphatic carbocycles. The highest BCUT2D eigenvalue weighted by molar-refractivity contribution is 7.92. The van der Waals surface area contributed by atoms with E-state index in [0.717, 1.165) is 18.1 Å². The van der Waals surface area contributed by atoms with E-state index < -0.39 is 15.8 Å². The number of anilines is 1. The Labute approximate surface area is 132 Å². The van der Waals surface area contributed by atoms with Gasteiger partial charge in [0.15, 0.2) is 0 Å². The molecule has 0 aromatic heterocycles. The van der Waals surface area contributed by atoms with Gasteiger partial charge in [0.25, 0.3) is 10.0 Å². The molecule has 0 amide bonds. The summed E-state index contributed by atoms with van der Waals surface area (Å²) < 4.78 is 41.2. The number of sulfonamides is 1. The molecular weight excluding hydrogens is 319 g/mol. The lowest BCUT2D eigenvalue weighted by molar-refractivity contribution is 0.112. The van der Waals surface area contributed by atoms with Gasteiger partial charge < -0.3 is 0 Å². The number of aryl methyl sites for hydroxylation is 1. The number of benzene rings is 2. The van der Waals surface area contributed by atoms with E-state index in [1.807, 2.05) is 6.07 Å². The second-order valence-corrected chi connectivity index (χ2v) is 6.73. The smallest absolute Gasteiger partial charge is 0.264 e.